The topological polar surface area (TPSA) is 18.5 Å². The molecule has 0 aromatic heterocycles. The normalized spacial score (nSPS) is 15.4. The number of ether oxygens (including phenoxy) is 2. The lowest BCUT2D eigenvalue weighted by Crippen LogP contribution is -2.46. The summed E-state index contributed by atoms with van der Waals surface area (Å²) in [5.74, 6) is 0.0753. The average Bonchev–Trinajstić information content (AvgIpc) is 2.37. The Kier molecular flexibility index (Phi) is 5.27. The lowest BCUT2D eigenvalue weighted by molar-refractivity contribution is -0.363. The molecule has 2 atom stereocenters. The summed E-state index contributed by atoms with van der Waals surface area (Å²) in [4.78, 5) is 0. The van der Waals surface area contributed by atoms with Crippen molar-refractivity contribution in [3.05, 3.63) is 36.4 Å². The van der Waals surface area contributed by atoms with Crippen molar-refractivity contribution in [2.75, 3.05) is 0 Å². The number of rotatable bonds is 6. The molecule has 1 aromatic rings. The van der Waals surface area contributed by atoms with Crippen molar-refractivity contribution in [3.8, 4) is 5.75 Å². The molecule has 0 saturated heterocycles. The Morgan fingerprint density at radius 1 is 1.10 bits per heavy atom. The third-order valence-corrected chi connectivity index (χ3v) is 2.32. The van der Waals surface area contributed by atoms with Gasteiger partial charge in [-0.1, -0.05) is 24.8 Å². The van der Waals surface area contributed by atoms with E-state index in [4.69, 9.17) is 4.74 Å². The molecule has 0 aliphatic heterocycles. The van der Waals surface area contributed by atoms with Crippen LogP contribution in [0.2, 0.25) is 0 Å². The lowest BCUT2D eigenvalue weighted by atomic mass is 10.2. The van der Waals surface area contributed by atoms with Crippen molar-refractivity contribution < 1.29 is 35.8 Å². The van der Waals surface area contributed by atoms with E-state index < -0.39 is 24.7 Å². The molecule has 2 nitrogen and oxygen atoms in total. The third-order valence-electron chi connectivity index (χ3n) is 2.32. The van der Waals surface area contributed by atoms with Crippen LogP contribution < -0.4 is 4.74 Å². The van der Waals surface area contributed by atoms with Gasteiger partial charge < -0.3 is 4.74 Å². The van der Waals surface area contributed by atoms with E-state index in [1.54, 1.807) is 12.1 Å². The minimum absolute atomic E-state index is 0.0753. The summed E-state index contributed by atoms with van der Waals surface area (Å²) in [6, 6.07) is 5.85. The standard InChI is InChI=1S/C13H12F6O2/c1-3-9-4-6-10(7-5-9)20-8(2)21-13(18,19)11(14)12(15,16)17/h3-8,11H,1H2,2H3. The van der Waals surface area contributed by atoms with E-state index in [0.717, 1.165) is 12.5 Å². The molecule has 2 unspecified atom stereocenters. The maximum atomic E-state index is 13.0. The highest BCUT2D eigenvalue weighted by molar-refractivity contribution is 5.48. The highest BCUT2D eigenvalue weighted by Crippen LogP contribution is 2.36. The molecule has 0 amide bonds. The number of hydrogen-bond donors (Lipinski definition) is 0. The first-order valence-electron chi connectivity index (χ1n) is 5.72. The van der Waals surface area contributed by atoms with Crippen molar-refractivity contribution in [3.63, 3.8) is 0 Å². The highest BCUT2D eigenvalue weighted by atomic mass is 19.4. The number of hydrogen-bond acceptors (Lipinski definition) is 2. The Hall–Kier alpha value is -1.70. The van der Waals surface area contributed by atoms with Crippen molar-refractivity contribution >= 4 is 6.08 Å². The van der Waals surface area contributed by atoms with E-state index >= 15 is 0 Å². The largest absolute Gasteiger partial charge is 0.465 e. The highest BCUT2D eigenvalue weighted by Gasteiger charge is 2.59. The SMILES string of the molecule is C=Cc1ccc(OC(C)OC(F)(F)C(F)C(F)(F)F)cc1. The van der Waals surface area contributed by atoms with Gasteiger partial charge in [0.05, 0.1) is 0 Å². The Labute approximate surface area is 117 Å². The van der Waals surface area contributed by atoms with Crippen LogP contribution in [0.25, 0.3) is 6.08 Å². The van der Waals surface area contributed by atoms with Gasteiger partial charge in [-0.05, 0) is 24.6 Å². The van der Waals surface area contributed by atoms with Crippen molar-refractivity contribution in [1.29, 1.82) is 0 Å². The fourth-order valence-electron chi connectivity index (χ4n) is 1.37. The van der Waals surface area contributed by atoms with Crippen molar-refractivity contribution in [1.82, 2.24) is 0 Å². The molecule has 1 aromatic carbocycles. The molecule has 0 bridgehead atoms. The van der Waals surface area contributed by atoms with E-state index in [9.17, 15) is 26.3 Å². The molecule has 0 heterocycles. The van der Waals surface area contributed by atoms with E-state index in [1.165, 1.54) is 18.2 Å². The van der Waals surface area contributed by atoms with Gasteiger partial charge in [-0.2, -0.15) is 22.0 Å². The molecule has 21 heavy (non-hydrogen) atoms. The summed E-state index contributed by atoms with van der Waals surface area (Å²) in [7, 11) is 0. The molecule has 0 spiro atoms. The molecule has 0 radical (unpaired) electrons. The Bertz CT molecular complexity index is 469. The summed E-state index contributed by atoms with van der Waals surface area (Å²) in [6.07, 6.45) is -15.5. The van der Waals surface area contributed by atoms with Gasteiger partial charge in [-0.3, -0.25) is 4.74 Å². The number of halogens is 6. The lowest BCUT2D eigenvalue weighted by Gasteiger charge is -2.25. The molecule has 118 valence electrons. The zero-order valence-corrected chi connectivity index (χ0v) is 10.8. The van der Waals surface area contributed by atoms with Crippen molar-refractivity contribution in [2.24, 2.45) is 0 Å². The van der Waals surface area contributed by atoms with Gasteiger partial charge in [0.15, 0.2) is 0 Å². The molecule has 0 aliphatic rings. The fraction of sp³-hybridized carbons (Fsp3) is 0.385. The number of benzene rings is 1. The summed E-state index contributed by atoms with van der Waals surface area (Å²) < 4.78 is 82.9. The monoisotopic (exact) mass is 314 g/mol. The van der Waals surface area contributed by atoms with Crippen molar-refractivity contribution in [2.45, 2.75) is 31.7 Å². The predicted octanol–water partition coefficient (Wildman–Crippen LogP) is 4.56. The van der Waals surface area contributed by atoms with Crippen LogP contribution in [-0.2, 0) is 4.74 Å². The molecule has 0 N–H and O–H groups in total. The second-order valence-corrected chi connectivity index (χ2v) is 4.04. The second-order valence-electron chi connectivity index (χ2n) is 4.04. The molecular weight excluding hydrogens is 302 g/mol. The van der Waals surface area contributed by atoms with Crippen LogP contribution >= 0.6 is 0 Å². The minimum Gasteiger partial charge on any atom is -0.465 e. The molecule has 0 fully saturated rings. The van der Waals surface area contributed by atoms with Gasteiger partial charge in [0, 0.05) is 0 Å². The van der Waals surface area contributed by atoms with Crippen LogP contribution in [0.5, 0.6) is 5.75 Å². The predicted molar refractivity (Wildman–Crippen MR) is 63.6 cm³/mol. The van der Waals surface area contributed by atoms with Crippen LogP contribution in [0.4, 0.5) is 26.3 Å². The van der Waals surface area contributed by atoms with Crippen LogP contribution in [0.15, 0.2) is 30.8 Å². The first kappa shape index (κ1) is 17.4. The average molecular weight is 314 g/mol. The van der Waals surface area contributed by atoms with E-state index in [0.29, 0.717) is 0 Å². The smallest absolute Gasteiger partial charge is 0.428 e. The van der Waals surface area contributed by atoms with Gasteiger partial charge >= 0.3 is 12.3 Å². The zero-order valence-electron chi connectivity index (χ0n) is 10.8. The fourth-order valence-corrected chi connectivity index (χ4v) is 1.37. The molecule has 0 saturated carbocycles. The Morgan fingerprint density at radius 2 is 1.62 bits per heavy atom. The summed E-state index contributed by atoms with van der Waals surface area (Å²) in [5.41, 5.74) is 0.724. The maximum Gasteiger partial charge on any atom is 0.428 e. The molecule has 0 aliphatic carbocycles. The van der Waals surface area contributed by atoms with E-state index in [2.05, 4.69) is 11.3 Å². The van der Waals surface area contributed by atoms with Gasteiger partial charge in [-0.15, -0.1) is 0 Å². The first-order valence-corrected chi connectivity index (χ1v) is 5.72. The maximum absolute atomic E-state index is 13.0. The van der Waals surface area contributed by atoms with Crippen LogP contribution in [0.3, 0.4) is 0 Å². The van der Waals surface area contributed by atoms with Gasteiger partial charge in [0.2, 0.25) is 6.29 Å². The van der Waals surface area contributed by atoms with Crippen LogP contribution in [0, 0.1) is 0 Å². The summed E-state index contributed by atoms with van der Waals surface area (Å²) in [6.45, 7) is 4.43. The Balaban J connectivity index is 2.67. The zero-order chi connectivity index (χ0) is 16.3. The van der Waals surface area contributed by atoms with Gasteiger partial charge in [0.1, 0.15) is 5.75 Å². The second kappa shape index (κ2) is 6.38. The first-order chi connectivity index (χ1) is 9.56. The quantitative estimate of drug-likeness (QED) is 0.566. The third kappa shape index (κ3) is 4.96. The van der Waals surface area contributed by atoms with E-state index in [-0.39, 0.29) is 5.75 Å². The van der Waals surface area contributed by atoms with Crippen LogP contribution in [-0.4, -0.2) is 24.7 Å². The minimum atomic E-state index is -5.73. The summed E-state index contributed by atoms with van der Waals surface area (Å²) >= 11 is 0. The van der Waals surface area contributed by atoms with Gasteiger partial charge in [0.25, 0.3) is 6.17 Å². The molecule has 1 rings (SSSR count). The summed E-state index contributed by atoms with van der Waals surface area (Å²) in [5, 5.41) is 0. The Morgan fingerprint density at radius 3 is 2.05 bits per heavy atom. The van der Waals surface area contributed by atoms with Crippen LogP contribution in [0.1, 0.15) is 12.5 Å². The number of alkyl halides is 6. The van der Waals surface area contributed by atoms with E-state index in [1.807, 2.05) is 0 Å². The van der Waals surface area contributed by atoms with Gasteiger partial charge in [-0.25, -0.2) is 4.39 Å². The molecule has 8 heteroatoms. The molecular formula is C13H12F6O2.